The van der Waals surface area contributed by atoms with Crippen LogP contribution >= 0.6 is 0 Å². The normalized spacial score (nSPS) is 11.8. The van der Waals surface area contributed by atoms with Gasteiger partial charge in [-0.2, -0.15) is 0 Å². The van der Waals surface area contributed by atoms with Crippen LogP contribution in [0.2, 0.25) is 0 Å². The summed E-state index contributed by atoms with van der Waals surface area (Å²) in [4.78, 5) is 11.0. The van der Waals surface area contributed by atoms with Crippen LogP contribution in [0.4, 0.5) is 0 Å². The van der Waals surface area contributed by atoms with Crippen molar-refractivity contribution < 1.29 is 0 Å². The molecule has 0 aliphatic carbocycles. The first-order valence-corrected chi connectivity index (χ1v) is 23.5. The van der Waals surface area contributed by atoms with Crippen molar-refractivity contribution in [3.05, 3.63) is 249 Å². The van der Waals surface area contributed by atoms with E-state index in [1.54, 1.807) is 0 Å². The van der Waals surface area contributed by atoms with Gasteiger partial charge < -0.3 is 13.7 Å². The average molecular weight is 880 g/mol. The fourth-order valence-corrected chi connectivity index (χ4v) is 10.9. The molecule has 0 atom stereocenters. The first-order valence-electron chi connectivity index (χ1n) is 23.5. The second kappa shape index (κ2) is 15.7. The average Bonchev–Trinajstić information content (AvgIpc) is 4.06. The minimum atomic E-state index is 0.651. The van der Waals surface area contributed by atoms with E-state index in [1.807, 2.05) is 0 Å². The van der Waals surface area contributed by atoms with Gasteiger partial charge in [0.2, 0.25) is 0 Å². The molecular weight excluding hydrogens is 839 g/mol. The van der Waals surface area contributed by atoms with E-state index >= 15 is 0 Å². The number of rotatable bonds is 7. The van der Waals surface area contributed by atoms with Crippen molar-refractivity contribution in [2.45, 2.75) is 0 Å². The minimum Gasteiger partial charge on any atom is -0.309 e. The van der Waals surface area contributed by atoms with Crippen molar-refractivity contribution in [2.24, 2.45) is 0 Å². The molecule has 4 aromatic heterocycles. The molecule has 0 unspecified atom stereocenters. The molecule has 5 nitrogen and oxygen atoms in total. The molecule has 0 N–H and O–H groups in total. The highest BCUT2D eigenvalue weighted by Gasteiger charge is 2.25. The molecule has 0 aliphatic heterocycles. The molecule has 0 fully saturated rings. The molecule has 5 heteroatoms. The Hall–Kier alpha value is -9.32. The lowest BCUT2D eigenvalue weighted by Crippen LogP contribution is -2.04. The smallest absolute Gasteiger partial charge is 0.161 e. The zero-order valence-electron chi connectivity index (χ0n) is 37.4. The molecule has 322 valence electrons. The molecule has 0 saturated carbocycles. The van der Waals surface area contributed by atoms with Crippen molar-refractivity contribution in [2.75, 3.05) is 0 Å². The van der Waals surface area contributed by atoms with Gasteiger partial charge in [-0.3, -0.25) is 0 Å². The van der Waals surface area contributed by atoms with Crippen LogP contribution in [-0.2, 0) is 0 Å². The van der Waals surface area contributed by atoms with Crippen molar-refractivity contribution in [3.8, 4) is 62.1 Å². The van der Waals surface area contributed by atoms with Gasteiger partial charge in [-0.15, -0.1) is 0 Å². The van der Waals surface area contributed by atoms with Gasteiger partial charge in [0.25, 0.3) is 0 Å². The summed E-state index contributed by atoms with van der Waals surface area (Å²) >= 11 is 0. The molecule has 0 amide bonds. The van der Waals surface area contributed by atoms with Crippen LogP contribution in [0.5, 0.6) is 0 Å². The summed E-state index contributed by atoms with van der Waals surface area (Å²) in [6.07, 6.45) is 0. The van der Waals surface area contributed by atoms with Crippen LogP contribution in [0, 0.1) is 0 Å². The Morgan fingerprint density at radius 3 is 1.19 bits per heavy atom. The summed E-state index contributed by atoms with van der Waals surface area (Å²) in [5.74, 6) is 0.651. The van der Waals surface area contributed by atoms with Gasteiger partial charge in [0.05, 0.1) is 55.9 Å². The lowest BCUT2D eigenvalue weighted by atomic mass is 9.94. The number of aromatic nitrogens is 5. The summed E-state index contributed by atoms with van der Waals surface area (Å²) in [6.45, 7) is 0. The fraction of sp³-hybridized carbons (Fsp3) is 0. The third kappa shape index (κ3) is 6.11. The quantitative estimate of drug-likeness (QED) is 0.160. The van der Waals surface area contributed by atoms with E-state index < -0.39 is 0 Å². The summed E-state index contributed by atoms with van der Waals surface area (Å²) in [7, 11) is 0. The molecule has 14 rings (SSSR count). The van der Waals surface area contributed by atoms with Crippen LogP contribution in [0.1, 0.15) is 0 Å². The number of hydrogen-bond donors (Lipinski definition) is 0. The van der Waals surface area contributed by atoms with Gasteiger partial charge in [-0.1, -0.05) is 182 Å². The van der Waals surface area contributed by atoms with Gasteiger partial charge >= 0.3 is 0 Å². The van der Waals surface area contributed by atoms with E-state index in [0.29, 0.717) is 5.82 Å². The number of para-hydroxylation sites is 6. The van der Waals surface area contributed by atoms with E-state index in [0.717, 1.165) is 78.3 Å². The van der Waals surface area contributed by atoms with E-state index in [4.69, 9.17) is 9.97 Å². The lowest BCUT2D eigenvalue weighted by molar-refractivity contribution is 1.14. The van der Waals surface area contributed by atoms with Crippen molar-refractivity contribution in [1.82, 2.24) is 23.7 Å². The lowest BCUT2D eigenvalue weighted by Gasteiger charge is -2.21. The van der Waals surface area contributed by atoms with Crippen molar-refractivity contribution in [1.29, 1.82) is 0 Å². The van der Waals surface area contributed by atoms with Crippen LogP contribution < -0.4 is 0 Å². The maximum absolute atomic E-state index is 5.48. The number of nitrogens with zero attached hydrogens (tertiary/aromatic N) is 5. The third-order valence-electron chi connectivity index (χ3n) is 13.9. The molecule has 0 saturated heterocycles. The highest BCUT2D eigenvalue weighted by atomic mass is 15.0. The minimum absolute atomic E-state index is 0.651. The van der Waals surface area contributed by atoms with E-state index in [2.05, 4.69) is 262 Å². The highest BCUT2D eigenvalue weighted by molar-refractivity contribution is 6.14. The molecule has 0 aliphatic rings. The summed E-state index contributed by atoms with van der Waals surface area (Å²) in [5.41, 5.74) is 16.9. The zero-order chi connectivity index (χ0) is 45.4. The number of hydrogen-bond acceptors (Lipinski definition) is 2. The van der Waals surface area contributed by atoms with Crippen LogP contribution in [0.3, 0.4) is 0 Å². The summed E-state index contributed by atoms with van der Waals surface area (Å²) < 4.78 is 7.30. The van der Waals surface area contributed by atoms with Gasteiger partial charge in [-0.25, -0.2) is 9.97 Å². The molecular formula is C64H41N5. The van der Waals surface area contributed by atoms with Gasteiger partial charge in [-0.05, 0) is 66.7 Å². The van der Waals surface area contributed by atoms with E-state index in [-0.39, 0.29) is 0 Å². The molecule has 4 heterocycles. The third-order valence-corrected chi connectivity index (χ3v) is 13.9. The Morgan fingerprint density at radius 1 is 0.261 bits per heavy atom. The Kier molecular flexibility index (Phi) is 8.83. The molecule has 0 spiro atoms. The first kappa shape index (κ1) is 38.9. The molecule has 10 aromatic carbocycles. The van der Waals surface area contributed by atoms with Crippen molar-refractivity contribution in [3.63, 3.8) is 0 Å². The Labute approximate surface area is 398 Å². The maximum Gasteiger partial charge on any atom is 0.161 e. The number of fused-ring (bicyclic) bond motifs is 9. The van der Waals surface area contributed by atoms with Crippen molar-refractivity contribution >= 4 is 65.4 Å². The Morgan fingerprint density at radius 2 is 0.652 bits per heavy atom. The van der Waals surface area contributed by atoms with Gasteiger partial charge in [0.1, 0.15) is 0 Å². The number of benzene rings is 10. The standard InChI is InChI=1S/C64H41N5/c1-3-20-42(21-4-1)53-41-54(43-22-5-2-6-23-43)66-64(65-53)51-30-19-37-62(63(51)50-29-12-18-36-60(50)68-57-33-15-9-26-47(57)48-27-10-16-34-58(48)68)69-59-35-17-11-28-49(59)52-40-44(38-39-61(52)69)67-55-31-13-7-24-45(55)46-25-8-14-32-56(46)67/h1-41H. The molecule has 14 aromatic rings. The monoisotopic (exact) mass is 879 g/mol. The summed E-state index contributed by atoms with van der Waals surface area (Å²) in [5, 5.41) is 7.26. The molecule has 69 heavy (non-hydrogen) atoms. The molecule has 0 bridgehead atoms. The Bertz CT molecular complexity index is 4140. The van der Waals surface area contributed by atoms with E-state index in [9.17, 15) is 0 Å². The predicted octanol–water partition coefficient (Wildman–Crippen LogP) is 16.4. The van der Waals surface area contributed by atoms with Gasteiger partial charge in [0, 0.05) is 65.8 Å². The van der Waals surface area contributed by atoms with Crippen LogP contribution in [-0.4, -0.2) is 23.7 Å². The molecule has 0 radical (unpaired) electrons. The van der Waals surface area contributed by atoms with Crippen LogP contribution in [0.15, 0.2) is 249 Å². The van der Waals surface area contributed by atoms with Gasteiger partial charge in [0.15, 0.2) is 5.82 Å². The first-order chi connectivity index (χ1) is 34.3. The fourth-order valence-electron chi connectivity index (χ4n) is 10.9. The topological polar surface area (TPSA) is 40.6 Å². The summed E-state index contributed by atoms with van der Waals surface area (Å²) in [6, 6.07) is 89.2. The van der Waals surface area contributed by atoms with Crippen LogP contribution in [0.25, 0.3) is 128 Å². The second-order valence-corrected chi connectivity index (χ2v) is 17.7. The second-order valence-electron chi connectivity index (χ2n) is 17.7. The highest BCUT2D eigenvalue weighted by Crippen LogP contribution is 2.45. The maximum atomic E-state index is 5.48. The van der Waals surface area contributed by atoms with E-state index in [1.165, 1.54) is 43.4 Å². The zero-order valence-corrected chi connectivity index (χ0v) is 37.4. The predicted molar refractivity (Wildman–Crippen MR) is 287 cm³/mol. The SMILES string of the molecule is c1ccc(-c2cc(-c3ccccc3)nc(-c3cccc(-n4c5ccccc5c5cc(-n6c7ccccc7c7ccccc76)ccc54)c3-c3ccccc3-n3c4ccccc4c4ccccc43)n2)cc1. The largest absolute Gasteiger partial charge is 0.309 e. The Balaban J connectivity index is 1.09.